The van der Waals surface area contributed by atoms with Crippen molar-refractivity contribution in [3.63, 3.8) is 0 Å². The lowest BCUT2D eigenvalue weighted by atomic mass is 9.91. The number of alkyl halides is 3. The first-order chi connectivity index (χ1) is 11.6. The fraction of sp³-hybridized carbons (Fsp3) is 0.556. The molecule has 0 N–H and O–H groups in total. The Hall–Kier alpha value is -1.50. The van der Waals surface area contributed by atoms with E-state index in [-0.39, 0.29) is 17.2 Å². The van der Waals surface area contributed by atoms with Crippen LogP contribution in [0.3, 0.4) is 0 Å². The van der Waals surface area contributed by atoms with Crippen LogP contribution < -0.4 is 0 Å². The highest BCUT2D eigenvalue weighted by Gasteiger charge is 2.52. The standard InChI is InChI=1S/C18H22F3NO2S/c1-13-12-17(13)7-9-22(10-8-17)16(23)11-14-3-5-15(6-4-14)25(2,24)18(19,20)21/h3-6,13H,2,7-12H2,1H3. The summed E-state index contributed by atoms with van der Waals surface area (Å²) < 4.78 is 50.1. The van der Waals surface area contributed by atoms with E-state index in [4.69, 9.17) is 0 Å². The van der Waals surface area contributed by atoms with E-state index in [0.29, 0.717) is 11.0 Å². The molecule has 3 nitrogen and oxygen atoms in total. The Morgan fingerprint density at radius 3 is 2.24 bits per heavy atom. The summed E-state index contributed by atoms with van der Waals surface area (Å²) >= 11 is 0. The van der Waals surface area contributed by atoms with Crippen LogP contribution in [0.5, 0.6) is 0 Å². The highest BCUT2D eigenvalue weighted by atomic mass is 32.2. The molecule has 7 heteroatoms. The smallest absolute Gasteiger partial charge is 0.342 e. The van der Waals surface area contributed by atoms with Crippen LogP contribution in [-0.4, -0.2) is 39.5 Å². The van der Waals surface area contributed by atoms with Crippen LogP contribution in [0.4, 0.5) is 13.2 Å². The third-order valence-electron chi connectivity index (χ3n) is 5.74. The lowest BCUT2D eigenvalue weighted by Gasteiger charge is -2.33. The Balaban J connectivity index is 1.61. The molecule has 1 saturated heterocycles. The van der Waals surface area contributed by atoms with Gasteiger partial charge in [-0.25, -0.2) is 0 Å². The van der Waals surface area contributed by atoms with Gasteiger partial charge >= 0.3 is 5.51 Å². The Morgan fingerprint density at radius 1 is 1.28 bits per heavy atom. The number of hydrogen-bond donors (Lipinski definition) is 0. The minimum Gasteiger partial charge on any atom is -0.342 e. The van der Waals surface area contributed by atoms with Gasteiger partial charge in [0, 0.05) is 18.0 Å². The maximum absolute atomic E-state index is 12.8. The van der Waals surface area contributed by atoms with E-state index in [1.54, 1.807) is 0 Å². The summed E-state index contributed by atoms with van der Waals surface area (Å²) in [5.41, 5.74) is -3.82. The van der Waals surface area contributed by atoms with Gasteiger partial charge in [-0.05, 0) is 54.2 Å². The Labute approximate surface area is 146 Å². The van der Waals surface area contributed by atoms with Crippen molar-refractivity contribution >= 4 is 21.3 Å². The number of likely N-dealkylation sites (tertiary alicyclic amines) is 1. The van der Waals surface area contributed by atoms with E-state index in [1.165, 1.54) is 18.6 Å². The van der Waals surface area contributed by atoms with Crippen LogP contribution in [0.1, 0.15) is 31.7 Å². The number of rotatable bonds is 3. The summed E-state index contributed by atoms with van der Waals surface area (Å²) in [7, 11) is -4.35. The highest BCUT2D eigenvalue weighted by Crippen LogP contribution is 2.58. The molecule has 1 saturated carbocycles. The Morgan fingerprint density at radius 2 is 1.80 bits per heavy atom. The minimum atomic E-state index is -4.88. The van der Waals surface area contributed by atoms with Crippen molar-refractivity contribution in [2.45, 2.75) is 43.0 Å². The third-order valence-corrected chi connectivity index (χ3v) is 7.52. The quantitative estimate of drug-likeness (QED) is 0.761. The molecule has 1 aromatic rings. The first-order valence-corrected chi connectivity index (χ1v) is 10.1. The lowest BCUT2D eigenvalue weighted by Crippen LogP contribution is -2.40. The monoisotopic (exact) mass is 373 g/mol. The molecule has 0 bridgehead atoms. The van der Waals surface area contributed by atoms with Gasteiger partial charge in [-0.1, -0.05) is 19.1 Å². The SMILES string of the molecule is C=S(=O)(c1ccc(CC(=O)N2CCC3(CC2)CC3C)cc1)C(F)(F)F. The molecular weight excluding hydrogens is 351 g/mol. The zero-order valence-corrected chi connectivity index (χ0v) is 15.0. The van der Waals surface area contributed by atoms with Gasteiger partial charge in [0.05, 0.1) is 15.9 Å². The zero-order chi connectivity index (χ0) is 18.5. The van der Waals surface area contributed by atoms with E-state index in [1.807, 2.05) is 4.90 Å². The zero-order valence-electron chi connectivity index (χ0n) is 14.1. The van der Waals surface area contributed by atoms with Crippen LogP contribution in [0.2, 0.25) is 0 Å². The molecule has 0 radical (unpaired) electrons. The van der Waals surface area contributed by atoms with Crippen LogP contribution >= 0.6 is 0 Å². The van der Waals surface area contributed by atoms with Crippen LogP contribution in [0, 0.1) is 11.3 Å². The van der Waals surface area contributed by atoms with E-state index in [9.17, 15) is 22.2 Å². The van der Waals surface area contributed by atoms with Crippen molar-refractivity contribution < 1.29 is 22.2 Å². The van der Waals surface area contributed by atoms with Gasteiger partial charge < -0.3 is 4.90 Å². The largest absolute Gasteiger partial charge is 0.467 e. The molecule has 1 amide bonds. The highest BCUT2D eigenvalue weighted by molar-refractivity contribution is 8.01. The van der Waals surface area contributed by atoms with E-state index < -0.39 is 15.0 Å². The number of nitrogens with zero attached hydrogens (tertiary/aromatic N) is 1. The number of carbonyl (C=O) groups is 1. The molecule has 2 unspecified atom stereocenters. The number of amides is 1. The molecule has 25 heavy (non-hydrogen) atoms. The van der Waals surface area contributed by atoms with Crippen molar-refractivity contribution in [1.29, 1.82) is 0 Å². The normalized spacial score (nSPS) is 24.8. The van der Waals surface area contributed by atoms with Gasteiger partial charge in [-0.3, -0.25) is 9.00 Å². The average molecular weight is 373 g/mol. The molecule has 1 aliphatic heterocycles. The predicted octanol–water partition coefficient (Wildman–Crippen LogP) is 3.47. The average Bonchev–Trinajstić information content (AvgIpc) is 3.16. The summed E-state index contributed by atoms with van der Waals surface area (Å²) in [5.74, 6) is 3.57. The first-order valence-electron chi connectivity index (χ1n) is 8.35. The van der Waals surface area contributed by atoms with E-state index >= 15 is 0 Å². The fourth-order valence-electron chi connectivity index (χ4n) is 3.70. The first kappa shape index (κ1) is 18.3. The maximum atomic E-state index is 12.8. The van der Waals surface area contributed by atoms with Crippen molar-refractivity contribution in [2.24, 2.45) is 11.3 Å². The number of carbonyl (C=O) groups excluding carboxylic acids is 1. The van der Waals surface area contributed by atoms with Gasteiger partial charge in [-0.2, -0.15) is 13.2 Å². The van der Waals surface area contributed by atoms with Crippen molar-refractivity contribution in [1.82, 2.24) is 4.90 Å². The lowest BCUT2D eigenvalue weighted by molar-refractivity contribution is -0.132. The van der Waals surface area contributed by atoms with Crippen LogP contribution in [0.25, 0.3) is 0 Å². The van der Waals surface area contributed by atoms with Gasteiger partial charge in [0.25, 0.3) is 0 Å². The summed E-state index contributed by atoms with van der Waals surface area (Å²) in [6.07, 6.45) is 3.47. The topological polar surface area (TPSA) is 37.4 Å². The van der Waals surface area contributed by atoms with Gasteiger partial charge in [0.1, 0.15) is 0 Å². The van der Waals surface area contributed by atoms with E-state index in [2.05, 4.69) is 12.8 Å². The summed E-state index contributed by atoms with van der Waals surface area (Å²) in [5, 5.41) is 0. The molecule has 0 aromatic heterocycles. The van der Waals surface area contributed by atoms with Crippen LogP contribution in [-0.2, 0) is 20.7 Å². The molecule has 3 rings (SSSR count). The van der Waals surface area contributed by atoms with Crippen molar-refractivity contribution in [3.05, 3.63) is 29.8 Å². The molecule has 2 fully saturated rings. The predicted molar refractivity (Wildman–Crippen MR) is 91.8 cm³/mol. The maximum Gasteiger partial charge on any atom is 0.467 e. The molecule has 1 aromatic carbocycles. The second-order valence-electron chi connectivity index (χ2n) is 7.29. The van der Waals surface area contributed by atoms with Crippen molar-refractivity contribution in [3.8, 4) is 0 Å². The molecule has 1 aliphatic carbocycles. The summed E-state index contributed by atoms with van der Waals surface area (Å²) in [4.78, 5) is 13.9. The van der Waals surface area contributed by atoms with Crippen LogP contribution in [0.15, 0.2) is 29.2 Å². The second-order valence-corrected chi connectivity index (χ2v) is 9.57. The number of benzene rings is 1. The Kier molecular flexibility index (Phi) is 4.42. The Bertz CT molecular complexity index is 761. The molecule has 2 atom stereocenters. The number of piperidine rings is 1. The molecule has 1 heterocycles. The van der Waals surface area contributed by atoms with E-state index in [0.717, 1.165) is 44.0 Å². The molecule has 2 aliphatic rings. The van der Waals surface area contributed by atoms with Crippen molar-refractivity contribution in [2.75, 3.05) is 13.1 Å². The second kappa shape index (κ2) is 6.04. The summed E-state index contributed by atoms with van der Waals surface area (Å²) in [6, 6.07) is 5.17. The number of halogens is 3. The summed E-state index contributed by atoms with van der Waals surface area (Å²) in [6.45, 7) is 3.75. The van der Waals surface area contributed by atoms with Gasteiger partial charge in [0.2, 0.25) is 5.91 Å². The fourth-order valence-corrected chi connectivity index (χ4v) is 4.54. The molecule has 138 valence electrons. The van der Waals surface area contributed by atoms with Gasteiger partial charge in [0.15, 0.2) is 0 Å². The minimum absolute atomic E-state index is 0.0120. The molecule has 1 spiro atoms. The van der Waals surface area contributed by atoms with Gasteiger partial charge in [-0.15, -0.1) is 0 Å². The number of hydrogen-bond acceptors (Lipinski definition) is 2. The molecular formula is C18H22F3NO2S. The third kappa shape index (κ3) is 3.43.